The van der Waals surface area contributed by atoms with Gasteiger partial charge in [0, 0.05) is 6.42 Å². The summed E-state index contributed by atoms with van der Waals surface area (Å²) in [5.74, 6) is 5.34. The van der Waals surface area contributed by atoms with E-state index in [9.17, 15) is 4.79 Å². The lowest BCUT2D eigenvalue weighted by Crippen LogP contribution is -2.34. The van der Waals surface area contributed by atoms with Crippen molar-refractivity contribution in [3.8, 4) is 0 Å². The van der Waals surface area contributed by atoms with Crippen LogP contribution in [-0.4, -0.2) is 14.9 Å². The number of benzene rings is 1. The molecule has 0 spiro atoms. The molecule has 0 saturated heterocycles. The Morgan fingerprint density at radius 2 is 1.78 bits per heavy atom. The molecule has 0 fully saturated rings. The Kier molecular flexibility index (Phi) is 4.67. The lowest BCUT2D eigenvalue weighted by Gasteiger charge is -2.04. The highest BCUT2D eigenvalue weighted by Gasteiger charge is 2.07. The number of nitrogens with two attached hydrogens (primary N) is 2. The Morgan fingerprint density at radius 3 is 2.44 bits per heavy atom. The Morgan fingerprint density at radius 1 is 1.11 bits per heavy atom. The van der Waals surface area contributed by atoms with Crippen molar-refractivity contribution in [2.24, 2.45) is 0 Å². The molecule has 2 rings (SSSR count). The minimum Gasteiger partial charge on any atom is -0.366 e. The van der Waals surface area contributed by atoms with E-state index in [4.69, 9.17) is 11.6 Å². The molecule has 0 aliphatic rings. The third-order valence-electron chi connectivity index (χ3n) is 2.48. The zero-order valence-electron chi connectivity index (χ0n) is 9.61. The average Bonchev–Trinajstić information content (AvgIpc) is 2.36. The van der Waals surface area contributed by atoms with Gasteiger partial charge >= 0.3 is 0 Å². The summed E-state index contributed by atoms with van der Waals surface area (Å²) in [6, 6.07) is 9.83. The second-order valence-electron chi connectivity index (χ2n) is 3.67. The van der Waals surface area contributed by atoms with Crippen molar-refractivity contribution in [3.63, 3.8) is 0 Å². The monoisotopic (exact) mass is 267 g/mol. The van der Waals surface area contributed by atoms with Gasteiger partial charge in [-0.2, -0.15) is 4.68 Å². The fourth-order valence-corrected chi connectivity index (χ4v) is 1.51. The molecular formula is C11H14ClN5O. The normalized spacial score (nSPS) is 9.78. The lowest BCUT2D eigenvalue weighted by molar-refractivity contribution is 0.763. The highest BCUT2D eigenvalue weighted by molar-refractivity contribution is 5.85. The van der Waals surface area contributed by atoms with Crippen LogP contribution >= 0.6 is 12.4 Å². The molecule has 4 N–H and O–H groups in total. The van der Waals surface area contributed by atoms with Crippen molar-refractivity contribution in [1.82, 2.24) is 14.9 Å². The maximum Gasteiger partial charge on any atom is 0.295 e. The number of hydrogen-bond acceptors (Lipinski definition) is 5. The Balaban J connectivity index is 0.00000162. The van der Waals surface area contributed by atoms with Crippen LogP contribution in [0.2, 0.25) is 0 Å². The van der Waals surface area contributed by atoms with Crippen molar-refractivity contribution < 1.29 is 0 Å². The predicted molar refractivity (Wildman–Crippen MR) is 72.0 cm³/mol. The Hall–Kier alpha value is -2.08. The van der Waals surface area contributed by atoms with Crippen LogP contribution in [0.5, 0.6) is 0 Å². The van der Waals surface area contributed by atoms with Crippen molar-refractivity contribution in [3.05, 3.63) is 51.9 Å². The van der Waals surface area contributed by atoms with E-state index in [1.807, 2.05) is 30.3 Å². The molecule has 0 atom stereocenters. The van der Waals surface area contributed by atoms with E-state index in [0.29, 0.717) is 18.5 Å². The van der Waals surface area contributed by atoms with Crippen molar-refractivity contribution in [1.29, 1.82) is 0 Å². The molecule has 1 aromatic heterocycles. The number of aryl methyl sites for hydroxylation is 2. The molecule has 96 valence electrons. The number of halogens is 1. The summed E-state index contributed by atoms with van der Waals surface area (Å²) in [5, 5.41) is 7.38. The van der Waals surface area contributed by atoms with Gasteiger partial charge < -0.3 is 11.6 Å². The van der Waals surface area contributed by atoms with E-state index in [2.05, 4.69) is 10.2 Å². The first-order valence-electron chi connectivity index (χ1n) is 5.21. The third kappa shape index (κ3) is 2.98. The molecule has 6 nitrogen and oxygen atoms in total. The van der Waals surface area contributed by atoms with Gasteiger partial charge in [-0.25, -0.2) is 0 Å². The van der Waals surface area contributed by atoms with Crippen molar-refractivity contribution in [2.75, 3.05) is 11.6 Å². The second-order valence-corrected chi connectivity index (χ2v) is 3.67. The smallest absolute Gasteiger partial charge is 0.295 e. The van der Waals surface area contributed by atoms with Gasteiger partial charge in [0.05, 0.1) is 0 Å². The van der Waals surface area contributed by atoms with Crippen LogP contribution in [0.3, 0.4) is 0 Å². The summed E-state index contributed by atoms with van der Waals surface area (Å²) < 4.78 is 0.813. The number of nitrogens with zero attached hydrogens (tertiary/aromatic N) is 3. The van der Waals surface area contributed by atoms with Gasteiger partial charge in [-0.1, -0.05) is 30.3 Å². The number of rotatable bonds is 3. The first kappa shape index (κ1) is 14.0. The molecular weight excluding hydrogens is 254 g/mol. The second kappa shape index (κ2) is 6.02. The molecule has 0 bridgehead atoms. The summed E-state index contributed by atoms with van der Waals surface area (Å²) >= 11 is 0. The third-order valence-corrected chi connectivity index (χ3v) is 2.48. The van der Waals surface area contributed by atoms with Crippen LogP contribution in [-0.2, 0) is 12.8 Å². The zero-order valence-corrected chi connectivity index (χ0v) is 10.4. The van der Waals surface area contributed by atoms with Gasteiger partial charge in [0.2, 0.25) is 5.95 Å². The highest BCUT2D eigenvalue weighted by atomic mass is 35.5. The van der Waals surface area contributed by atoms with Crippen molar-refractivity contribution >= 4 is 18.4 Å². The standard InChI is InChI=1S/C11H13N5O.ClH/c12-11-15-14-9(10(17)16(11)13)7-6-8-4-2-1-3-5-8;/h1-5H,6-7,13H2,(H2,12,15);1H. The maximum absolute atomic E-state index is 11.7. The number of aromatic nitrogens is 3. The molecule has 1 heterocycles. The van der Waals surface area contributed by atoms with E-state index < -0.39 is 5.56 Å². The van der Waals surface area contributed by atoms with E-state index in [-0.39, 0.29) is 18.4 Å². The first-order chi connectivity index (χ1) is 8.18. The quantitative estimate of drug-likeness (QED) is 0.771. The fourth-order valence-electron chi connectivity index (χ4n) is 1.51. The van der Waals surface area contributed by atoms with Crippen molar-refractivity contribution in [2.45, 2.75) is 12.8 Å². The van der Waals surface area contributed by atoms with Gasteiger partial charge in [0.25, 0.3) is 5.56 Å². The topological polar surface area (TPSA) is 99.8 Å². The molecule has 7 heteroatoms. The van der Waals surface area contributed by atoms with Crippen LogP contribution < -0.4 is 17.1 Å². The fraction of sp³-hybridized carbons (Fsp3) is 0.182. The minimum atomic E-state index is -0.395. The highest BCUT2D eigenvalue weighted by Crippen LogP contribution is 2.02. The van der Waals surface area contributed by atoms with Crippen LogP contribution in [0.1, 0.15) is 11.3 Å². The predicted octanol–water partition coefficient (Wildman–Crippen LogP) is 0.141. The number of nitrogen functional groups attached to an aromatic ring is 2. The van der Waals surface area contributed by atoms with E-state index >= 15 is 0 Å². The van der Waals surface area contributed by atoms with Crippen LogP contribution in [0.25, 0.3) is 0 Å². The van der Waals surface area contributed by atoms with E-state index in [1.54, 1.807) is 0 Å². The largest absolute Gasteiger partial charge is 0.366 e. The van der Waals surface area contributed by atoms with Crippen LogP contribution in [0.4, 0.5) is 5.95 Å². The van der Waals surface area contributed by atoms with Gasteiger partial charge in [0.15, 0.2) is 0 Å². The van der Waals surface area contributed by atoms with E-state index in [1.165, 1.54) is 0 Å². The van der Waals surface area contributed by atoms with Gasteiger partial charge in [-0.3, -0.25) is 4.79 Å². The van der Waals surface area contributed by atoms with Crippen LogP contribution in [0.15, 0.2) is 35.1 Å². The summed E-state index contributed by atoms with van der Waals surface area (Å²) in [5.41, 5.74) is 6.42. The van der Waals surface area contributed by atoms with E-state index in [0.717, 1.165) is 10.2 Å². The molecule has 0 aliphatic carbocycles. The molecule has 18 heavy (non-hydrogen) atoms. The summed E-state index contributed by atoms with van der Waals surface area (Å²) in [7, 11) is 0. The first-order valence-corrected chi connectivity index (χ1v) is 5.21. The maximum atomic E-state index is 11.7. The summed E-state index contributed by atoms with van der Waals surface area (Å²) in [6.07, 6.45) is 1.21. The van der Waals surface area contributed by atoms with Gasteiger partial charge in [-0.05, 0) is 12.0 Å². The molecule has 0 radical (unpaired) electrons. The number of anilines is 1. The summed E-state index contributed by atoms with van der Waals surface area (Å²) in [4.78, 5) is 11.7. The zero-order chi connectivity index (χ0) is 12.3. The van der Waals surface area contributed by atoms with Gasteiger partial charge in [0.1, 0.15) is 5.69 Å². The average molecular weight is 268 g/mol. The van der Waals surface area contributed by atoms with Gasteiger partial charge in [-0.15, -0.1) is 22.6 Å². The molecule has 1 aromatic carbocycles. The van der Waals surface area contributed by atoms with Crippen LogP contribution in [0, 0.1) is 0 Å². The SMILES string of the molecule is Cl.Nc1nnc(CCc2ccccc2)c(=O)n1N. The molecule has 2 aromatic rings. The molecule has 0 unspecified atom stereocenters. The minimum absolute atomic E-state index is 0. The molecule has 0 aliphatic heterocycles. The Bertz CT molecular complexity index is 569. The number of hydrogen-bond donors (Lipinski definition) is 2. The molecule has 0 amide bonds. The summed E-state index contributed by atoms with van der Waals surface area (Å²) in [6.45, 7) is 0. The lowest BCUT2D eigenvalue weighted by atomic mass is 10.1. The molecule has 0 saturated carbocycles. The Labute approximate surface area is 110 Å².